The lowest BCUT2D eigenvalue weighted by molar-refractivity contribution is 0.0953. The lowest BCUT2D eigenvalue weighted by Gasteiger charge is -2.25. The maximum absolute atomic E-state index is 12.5. The lowest BCUT2D eigenvalue weighted by Crippen LogP contribution is -2.30. The highest BCUT2D eigenvalue weighted by Gasteiger charge is 2.20. The fraction of sp³-hybridized carbons (Fsp3) is 0.292. The van der Waals surface area contributed by atoms with Crippen LogP contribution in [-0.4, -0.2) is 27.1 Å². The summed E-state index contributed by atoms with van der Waals surface area (Å²) in [7, 11) is -3.47. The van der Waals surface area contributed by atoms with Crippen LogP contribution in [0.15, 0.2) is 65.3 Å². The van der Waals surface area contributed by atoms with E-state index in [4.69, 9.17) is 4.42 Å². The number of carbonyl (C=O) groups is 1. The van der Waals surface area contributed by atoms with Crippen molar-refractivity contribution in [3.05, 3.63) is 88.9 Å². The Balaban J connectivity index is 1.64. The van der Waals surface area contributed by atoms with Crippen LogP contribution in [-0.2, 0) is 23.0 Å². The molecule has 0 saturated heterocycles. The van der Waals surface area contributed by atoms with Gasteiger partial charge in [0.1, 0.15) is 5.76 Å². The van der Waals surface area contributed by atoms with Gasteiger partial charge in [-0.3, -0.25) is 9.10 Å². The van der Waals surface area contributed by atoms with E-state index in [0.29, 0.717) is 17.8 Å². The second-order valence-corrected chi connectivity index (χ2v) is 9.60. The van der Waals surface area contributed by atoms with Crippen molar-refractivity contribution in [3.63, 3.8) is 0 Å². The van der Waals surface area contributed by atoms with Crippen LogP contribution in [0.4, 0.5) is 5.69 Å². The molecule has 7 heteroatoms. The molecule has 1 amide bonds. The Kier molecular flexibility index (Phi) is 7.17. The number of aryl methyl sites for hydroxylation is 3. The van der Waals surface area contributed by atoms with E-state index in [1.165, 1.54) is 10.6 Å². The van der Waals surface area contributed by atoms with E-state index in [0.717, 1.165) is 35.3 Å². The Morgan fingerprint density at radius 1 is 1.06 bits per heavy atom. The van der Waals surface area contributed by atoms with Crippen LogP contribution in [0.25, 0.3) is 0 Å². The molecule has 6 nitrogen and oxygen atoms in total. The number of nitrogens with zero attached hydrogens (tertiary/aromatic N) is 1. The second-order valence-electron chi connectivity index (χ2n) is 7.70. The Hall–Kier alpha value is -3.06. The average Bonchev–Trinajstić information content (AvgIpc) is 3.24. The van der Waals surface area contributed by atoms with Gasteiger partial charge in [-0.2, -0.15) is 0 Å². The Morgan fingerprint density at radius 2 is 1.81 bits per heavy atom. The third-order valence-electron chi connectivity index (χ3n) is 5.04. The first-order chi connectivity index (χ1) is 14.7. The first-order valence-electron chi connectivity index (χ1n) is 10.2. The van der Waals surface area contributed by atoms with Crippen molar-refractivity contribution < 1.29 is 17.6 Å². The van der Waals surface area contributed by atoms with E-state index in [1.54, 1.807) is 30.5 Å². The molecule has 0 radical (unpaired) electrons. The predicted octanol–water partition coefficient (Wildman–Crippen LogP) is 4.23. The fourth-order valence-corrected chi connectivity index (χ4v) is 4.26. The Labute approximate surface area is 183 Å². The number of amides is 1. The van der Waals surface area contributed by atoms with E-state index in [9.17, 15) is 13.2 Å². The monoisotopic (exact) mass is 440 g/mol. The topological polar surface area (TPSA) is 79.6 Å². The van der Waals surface area contributed by atoms with Gasteiger partial charge < -0.3 is 9.73 Å². The molecule has 0 spiro atoms. The van der Waals surface area contributed by atoms with Gasteiger partial charge in [0.2, 0.25) is 10.0 Å². The molecular formula is C24H28N2O4S. The normalized spacial score (nSPS) is 11.3. The molecule has 2 aromatic carbocycles. The Bertz CT molecular complexity index is 1120. The number of anilines is 1. The summed E-state index contributed by atoms with van der Waals surface area (Å²) in [5.74, 6) is 0.748. The summed E-state index contributed by atoms with van der Waals surface area (Å²) in [4.78, 5) is 12.4. The highest BCUT2D eigenvalue weighted by atomic mass is 32.2. The van der Waals surface area contributed by atoms with Crippen molar-refractivity contribution >= 4 is 21.6 Å². The number of sulfonamides is 1. The molecule has 1 heterocycles. The summed E-state index contributed by atoms with van der Waals surface area (Å²) in [6.45, 7) is 4.58. The third kappa shape index (κ3) is 6.21. The van der Waals surface area contributed by atoms with Gasteiger partial charge in [0, 0.05) is 18.5 Å². The van der Waals surface area contributed by atoms with E-state index < -0.39 is 10.0 Å². The Morgan fingerprint density at radius 3 is 2.45 bits per heavy atom. The summed E-state index contributed by atoms with van der Waals surface area (Å²) in [5, 5.41) is 2.90. The van der Waals surface area contributed by atoms with Crippen molar-refractivity contribution in [2.24, 2.45) is 0 Å². The van der Waals surface area contributed by atoms with Crippen LogP contribution < -0.4 is 9.62 Å². The van der Waals surface area contributed by atoms with E-state index in [2.05, 4.69) is 5.32 Å². The van der Waals surface area contributed by atoms with E-state index in [-0.39, 0.29) is 12.5 Å². The lowest BCUT2D eigenvalue weighted by atomic mass is 10.1. The van der Waals surface area contributed by atoms with Crippen LogP contribution in [0.3, 0.4) is 0 Å². The van der Waals surface area contributed by atoms with Gasteiger partial charge in [-0.25, -0.2) is 8.42 Å². The number of benzene rings is 2. The average molecular weight is 441 g/mol. The minimum absolute atomic E-state index is 0.152. The van der Waals surface area contributed by atoms with Crippen molar-refractivity contribution in [1.29, 1.82) is 0 Å². The third-order valence-corrected chi connectivity index (χ3v) is 6.17. The summed E-state index contributed by atoms with van der Waals surface area (Å²) >= 11 is 0. The van der Waals surface area contributed by atoms with Crippen LogP contribution in [0, 0.1) is 13.8 Å². The van der Waals surface area contributed by atoms with Gasteiger partial charge in [-0.15, -0.1) is 0 Å². The van der Waals surface area contributed by atoms with Crippen LogP contribution >= 0.6 is 0 Å². The molecule has 0 aliphatic rings. The highest BCUT2D eigenvalue weighted by molar-refractivity contribution is 7.92. The summed E-state index contributed by atoms with van der Waals surface area (Å²) in [5.41, 5.74) is 3.90. The quantitative estimate of drug-likeness (QED) is 0.505. The van der Waals surface area contributed by atoms with Gasteiger partial charge >= 0.3 is 0 Å². The SMILES string of the molecule is Cc1ccc(C)c(N(Cc2ccc(C(=O)NCCCc3ccco3)cc2)S(C)(=O)=O)c1. The van der Waals surface area contributed by atoms with Crippen LogP contribution in [0.5, 0.6) is 0 Å². The predicted molar refractivity (Wildman–Crippen MR) is 123 cm³/mol. The maximum atomic E-state index is 12.5. The largest absolute Gasteiger partial charge is 0.469 e. The number of hydrogen-bond donors (Lipinski definition) is 1. The van der Waals surface area contributed by atoms with Crippen LogP contribution in [0.2, 0.25) is 0 Å². The first-order valence-corrected chi connectivity index (χ1v) is 12.0. The molecule has 0 aliphatic carbocycles. The smallest absolute Gasteiger partial charge is 0.251 e. The van der Waals surface area contributed by atoms with Crippen LogP contribution in [0.1, 0.15) is 39.2 Å². The number of furan rings is 1. The summed E-state index contributed by atoms with van der Waals surface area (Å²) < 4.78 is 31.6. The number of rotatable bonds is 9. The molecule has 1 N–H and O–H groups in total. The van der Waals surface area contributed by atoms with E-state index >= 15 is 0 Å². The molecule has 0 aliphatic heterocycles. The summed E-state index contributed by atoms with van der Waals surface area (Å²) in [6.07, 6.45) is 4.41. The molecule has 1 aromatic heterocycles. The molecule has 164 valence electrons. The molecule has 0 unspecified atom stereocenters. The molecule has 0 fully saturated rings. The zero-order valence-electron chi connectivity index (χ0n) is 18.1. The van der Waals surface area contributed by atoms with Gasteiger partial charge in [0.05, 0.1) is 24.8 Å². The molecular weight excluding hydrogens is 412 g/mol. The van der Waals surface area contributed by atoms with Gasteiger partial charge in [-0.05, 0) is 67.3 Å². The minimum atomic E-state index is -3.47. The van der Waals surface area contributed by atoms with Gasteiger partial charge in [0.25, 0.3) is 5.91 Å². The molecule has 0 saturated carbocycles. The van der Waals surface area contributed by atoms with Crippen molar-refractivity contribution in [3.8, 4) is 0 Å². The standard InChI is InChI=1S/C24H28N2O4S/c1-18-8-9-19(2)23(16-18)26(31(3,28)29)17-20-10-12-21(13-11-20)24(27)25-14-4-6-22-7-5-15-30-22/h5,7-13,15-16H,4,6,14,17H2,1-3H3,(H,25,27). The molecule has 0 bridgehead atoms. The molecule has 0 atom stereocenters. The highest BCUT2D eigenvalue weighted by Crippen LogP contribution is 2.26. The van der Waals surface area contributed by atoms with E-state index in [1.807, 2.05) is 44.2 Å². The number of carbonyl (C=O) groups excluding carboxylic acids is 1. The fourth-order valence-electron chi connectivity index (χ4n) is 3.32. The molecule has 31 heavy (non-hydrogen) atoms. The molecule has 3 aromatic rings. The number of hydrogen-bond acceptors (Lipinski definition) is 4. The minimum Gasteiger partial charge on any atom is -0.469 e. The van der Waals surface area contributed by atoms with Gasteiger partial charge in [0.15, 0.2) is 0 Å². The van der Waals surface area contributed by atoms with Crippen molar-refractivity contribution in [2.45, 2.75) is 33.2 Å². The maximum Gasteiger partial charge on any atom is 0.251 e. The van der Waals surface area contributed by atoms with Crippen molar-refractivity contribution in [2.75, 3.05) is 17.1 Å². The zero-order chi connectivity index (χ0) is 22.4. The second kappa shape index (κ2) is 9.83. The van der Waals surface area contributed by atoms with Crippen molar-refractivity contribution in [1.82, 2.24) is 5.32 Å². The zero-order valence-corrected chi connectivity index (χ0v) is 18.9. The molecule has 3 rings (SSSR count). The first kappa shape index (κ1) is 22.6. The van der Waals surface area contributed by atoms with Gasteiger partial charge in [-0.1, -0.05) is 24.3 Å². The number of nitrogens with one attached hydrogen (secondary N) is 1. The summed E-state index contributed by atoms with van der Waals surface area (Å²) in [6, 6.07) is 16.5.